The molecule has 0 saturated carbocycles. The zero-order valence-corrected chi connectivity index (χ0v) is 13.2. The van der Waals surface area contributed by atoms with Crippen LogP contribution >= 0.6 is 9.30 Å². The van der Waals surface area contributed by atoms with E-state index in [2.05, 4.69) is 22.4 Å². The molecule has 6 heteroatoms. The molecule has 1 aromatic carbocycles. The molecular formula is C7H12Cl4SiTi-. The molecule has 0 aliphatic rings. The molecule has 0 saturated heterocycles. The Morgan fingerprint density at radius 2 is 1.23 bits per heavy atom. The van der Waals surface area contributed by atoms with Crippen LogP contribution < -0.4 is 37.2 Å². The summed E-state index contributed by atoms with van der Waals surface area (Å²) in [5.74, 6) is 0. The van der Waals surface area contributed by atoms with Crippen LogP contribution in [0.1, 0.15) is 0 Å². The first-order valence-corrected chi connectivity index (χ1v) is 7.47. The van der Waals surface area contributed by atoms with Gasteiger partial charge in [0.15, 0.2) is 0 Å². The first kappa shape index (κ1) is 29.3. The summed E-state index contributed by atoms with van der Waals surface area (Å²) in [4.78, 5) is 0. The van der Waals surface area contributed by atoms with E-state index >= 15 is 0 Å². The predicted octanol–water partition coefficient (Wildman–Crippen LogP) is -6.38. The Morgan fingerprint density at radius 1 is 1.00 bits per heavy atom. The molecular weight excluding hydrogens is 302 g/mol. The third-order valence-corrected chi connectivity index (χ3v) is 0.556. The molecule has 0 bridgehead atoms. The van der Waals surface area contributed by atoms with Crippen molar-refractivity contribution < 1.29 is 56.6 Å². The van der Waals surface area contributed by atoms with E-state index in [4.69, 9.17) is 0 Å². The maximum absolute atomic E-state index is 4.64. The van der Waals surface area contributed by atoms with Crippen molar-refractivity contribution in [2.75, 3.05) is 0 Å². The Balaban J connectivity index is -0.0000000244. The minimum atomic E-state index is 0. The van der Waals surface area contributed by atoms with Crippen LogP contribution in [0.4, 0.5) is 0 Å². The summed E-state index contributed by atoms with van der Waals surface area (Å²) in [6.07, 6.45) is 0. The zero-order valence-electron chi connectivity index (χ0n) is 7.48. The van der Waals surface area contributed by atoms with Crippen LogP contribution in [0.2, 0.25) is 13.1 Å². The van der Waals surface area contributed by atoms with Crippen molar-refractivity contribution in [2.24, 2.45) is 0 Å². The van der Waals surface area contributed by atoms with E-state index < -0.39 is 0 Å². The molecule has 0 spiro atoms. The Labute approximate surface area is 118 Å². The third kappa shape index (κ3) is 42.4. The second-order valence-electron chi connectivity index (χ2n) is 1.54. The van der Waals surface area contributed by atoms with Crippen LogP contribution in [-0.2, 0) is 19.4 Å². The van der Waals surface area contributed by atoms with Crippen LogP contribution in [0.3, 0.4) is 0 Å². The van der Waals surface area contributed by atoms with Gasteiger partial charge in [0.2, 0.25) is 0 Å². The van der Waals surface area contributed by atoms with Crippen molar-refractivity contribution in [3.05, 3.63) is 30.3 Å². The van der Waals surface area contributed by atoms with Crippen LogP contribution in [-0.4, -0.2) is 9.52 Å². The van der Waals surface area contributed by atoms with Gasteiger partial charge in [-0.05, 0) is 0 Å². The molecule has 0 N–H and O–H groups in total. The normalized spacial score (nSPS) is 5.00. The summed E-state index contributed by atoms with van der Waals surface area (Å²) >= 11 is 1.47. The SMILES string of the molecule is C[SiH]C.[Cl-].[Cl-].[Cl-].[Cl][Ti+3].c1cc[cH-]c1. The summed E-state index contributed by atoms with van der Waals surface area (Å²) in [6, 6.07) is 10.0. The molecule has 1 aromatic rings. The molecule has 0 unspecified atom stereocenters. The fourth-order valence-electron chi connectivity index (χ4n) is 0.321. The molecule has 0 aliphatic heterocycles. The van der Waals surface area contributed by atoms with Crippen LogP contribution in [0.5, 0.6) is 0 Å². The van der Waals surface area contributed by atoms with E-state index in [0.29, 0.717) is 0 Å². The second-order valence-corrected chi connectivity index (χ2v) is 2.69. The van der Waals surface area contributed by atoms with Crippen molar-refractivity contribution in [1.82, 2.24) is 0 Å². The fraction of sp³-hybridized carbons (Fsp3) is 0.286. The molecule has 13 heavy (non-hydrogen) atoms. The van der Waals surface area contributed by atoms with Gasteiger partial charge >= 0.3 is 28.7 Å². The standard InChI is InChI=1S/C5H5.C2H7Si.4ClH.Ti/c1-2-4-5-3-1;1-3-2;;;;;/h1-5H;3H,1-2H3;4*1H;/q-1;;;;;;+4/p-4. The number of hydrogen-bond donors (Lipinski definition) is 0. The molecule has 0 nitrogen and oxygen atoms in total. The Kier molecular flexibility index (Phi) is 84.6. The third-order valence-electron chi connectivity index (χ3n) is 0.556. The summed E-state index contributed by atoms with van der Waals surface area (Å²) in [7, 11) is 5.39. The second kappa shape index (κ2) is 37.6. The summed E-state index contributed by atoms with van der Waals surface area (Å²) in [5.41, 5.74) is 0. The van der Waals surface area contributed by atoms with Crippen molar-refractivity contribution in [3.63, 3.8) is 0 Å². The van der Waals surface area contributed by atoms with Gasteiger partial charge in [-0.1, -0.05) is 13.1 Å². The van der Waals surface area contributed by atoms with Gasteiger partial charge < -0.3 is 37.2 Å². The summed E-state index contributed by atoms with van der Waals surface area (Å²) in [6.45, 7) is 4.42. The van der Waals surface area contributed by atoms with Crippen LogP contribution in [0.15, 0.2) is 30.3 Å². The monoisotopic (exact) mass is 312 g/mol. The van der Waals surface area contributed by atoms with Gasteiger partial charge in [-0.15, -0.1) is 0 Å². The molecule has 0 amide bonds. The molecule has 0 heterocycles. The van der Waals surface area contributed by atoms with Gasteiger partial charge in [-0.25, -0.2) is 12.1 Å². The fourth-order valence-corrected chi connectivity index (χ4v) is 0.321. The molecule has 0 aliphatic carbocycles. The summed E-state index contributed by atoms with van der Waals surface area (Å²) in [5, 5.41) is 0. The van der Waals surface area contributed by atoms with E-state index in [1.807, 2.05) is 30.3 Å². The van der Waals surface area contributed by atoms with Gasteiger partial charge in [0.25, 0.3) is 0 Å². The topological polar surface area (TPSA) is 0 Å². The number of rotatable bonds is 0. The average molecular weight is 314 g/mol. The van der Waals surface area contributed by atoms with E-state index in [-0.39, 0.29) is 37.2 Å². The van der Waals surface area contributed by atoms with E-state index in [9.17, 15) is 0 Å². The molecule has 1 rings (SSSR count). The van der Waals surface area contributed by atoms with Gasteiger partial charge in [0.05, 0.1) is 0 Å². The number of halogens is 4. The van der Waals surface area contributed by atoms with Crippen molar-refractivity contribution in [1.29, 1.82) is 0 Å². The first-order chi connectivity index (χ1) is 4.91. The van der Waals surface area contributed by atoms with E-state index in [1.165, 1.54) is 19.4 Å². The van der Waals surface area contributed by atoms with Crippen LogP contribution in [0, 0.1) is 0 Å². The zero-order chi connectivity index (χ0) is 8.24. The van der Waals surface area contributed by atoms with Gasteiger partial charge in [0.1, 0.15) is 0 Å². The van der Waals surface area contributed by atoms with E-state index in [1.54, 1.807) is 0 Å². The van der Waals surface area contributed by atoms with E-state index in [0.717, 1.165) is 9.52 Å². The summed E-state index contributed by atoms with van der Waals surface area (Å²) < 4.78 is 0. The molecule has 0 atom stereocenters. The molecule has 0 fully saturated rings. The molecule has 77 valence electrons. The maximum Gasteiger partial charge on any atom is -0.172 e. The molecule has 1 radical (unpaired) electrons. The Hall–Kier alpha value is 1.44. The minimum Gasteiger partial charge on any atom is -0.214 e. The number of hydrogen-bond acceptors (Lipinski definition) is 0. The molecule has 0 aromatic heterocycles. The van der Waals surface area contributed by atoms with Crippen LogP contribution in [0.25, 0.3) is 0 Å². The Bertz CT molecular complexity index is 87.4. The maximum atomic E-state index is 4.64. The minimum absolute atomic E-state index is 0. The van der Waals surface area contributed by atoms with Gasteiger partial charge in [0, 0.05) is 9.52 Å². The van der Waals surface area contributed by atoms with Crippen molar-refractivity contribution >= 4 is 18.8 Å². The Morgan fingerprint density at radius 3 is 1.31 bits per heavy atom. The average Bonchev–Trinajstić information content (AvgIpc) is 2.48. The predicted molar refractivity (Wildman–Crippen MR) is 46.8 cm³/mol. The van der Waals surface area contributed by atoms with Gasteiger partial charge in [-0.2, -0.15) is 18.2 Å². The van der Waals surface area contributed by atoms with Crippen molar-refractivity contribution in [3.8, 4) is 0 Å². The largest absolute Gasteiger partial charge is 0.214 e. The first-order valence-electron chi connectivity index (χ1n) is 3.01. The quantitative estimate of drug-likeness (QED) is 0.330. The smallest absolute Gasteiger partial charge is 0.172 e. The van der Waals surface area contributed by atoms with Crippen molar-refractivity contribution in [2.45, 2.75) is 13.1 Å². The van der Waals surface area contributed by atoms with Gasteiger partial charge in [-0.3, -0.25) is 0 Å².